The molecule has 4 heterocycles. The van der Waals surface area contributed by atoms with E-state index in [-0.39, 0.29) is 0 Å². The molecule has 1 spiro atoms. The quantitative estimate of drug-likeness (QED) is 0.168. The van der Waals surface area contributed by atoms with Crippen LogP contribution in [0.3, 0.4) is 0 Å². The molecule has 4 heteroatoms. The molecule has 60 heavy (non-hydrogen) atoms. The Morgan fingerprint density at radius 2 is 0.967 bits per heavy atom. The lowest BCUT2D eigenvalue weighted by Gasteiger charge is -2.39. The zero-order valence-electron chi connectivity index (χ0n) is 32.3. The number of nitrogens with zero attached hydrogens (tertiary/aromatic N) is 3. The summed E-state index contributed by atoms with van der Waals surface area (Å²) in [5.74, 6) is 1.76. The molecule has 0 fully saturated rings. The van der Waals surface area contributed by atoms with Gasteiger partial charge in [0.2, 0.25) is 0 Å². The van der Waals surface area contributed by atoms with Crippen molar-refractivity contribution in [1.82, 2.24) is 15.0 Å². The van der Waals surface area contributed by atoms with Crippen LogP contribution in [0.4, 0.5) is 0 Å². The summed E-state index contributed by atoms with van der Waals surface area (Å²) in [7, 11) is 0. The van der Waals surface area contributed by atoms with Crippen molar-refractivity contribution in [2.45, 2.75) is 5.41 Å². The minimum atomic E-state index is -0.581. The van der Waals surface area contributed by atoms with E-state index in [1.165, 1.54) is 27.6 Å². The van der Waals surface area contributed by atoms with Gasteiger partial charge in [-0.05, 0) is 64.0 Å². The molecule has 1 aliphatic heterocycles. The van der Waals surface area contributed by atoms with Crippen LogP contribution in [0.2, 0.25) is 0 Å². The summed E-state index contributed by atoms with van der Waals surface area (Å²) >= 11 is 0. The summed E-state index contributed by atoms with van der Waals surface area (Å²) in [4.78, 5) is 16.1. The Morgan fingerprint density at radius 3 is 1.72 bits per heavy atom. The summed E-state index contributed by atoms with van der Waals surface area (Å²) in [5.41, 5.74) is 15.3. The van der Waals surface area contributed by atoms with Gasteiger partial charge in [-0.15, -0.1) is 0 Å². The maximum absolute atomic E-state index is 6.64. The van der Waals surface area contributed by atoms with E-state index < -0.39 is 5.41 Å². The zero-order chi connectivity index (χ0) is 39.4. The van der Waals surface area contributed by atoms with Crippen molar-refractivity contribution in [3.63, 3.8) is 0 Å². The second kappa shape index (κ2) is 12.5. The Hall–Kier alpha value is -7.95. The highest BCUT2D eigenvalue weighted by Gasteiger charge is 2.51. The third-order valence-corrected chi connectivity index (χ3v) is 12.7. The van der Waals surface area contributed by atoms with Gasteiger partial charge in [0.05, 0.1) is 39.0 Å². The number of benzene rings is 8. The van der Waals surface area contributed by atoms with Crippen molar-refractivity contribution >= 4 is 43.5 Å². The van der Waals surface area contributed by atoms with Crippen molar-refractivity contribution in [3.05, 3.63) is 222 Å². The molecule has 278 valence electrons. The minimum absolute atomic E-state index is 0.581. The fraction of sp³-hybridized carbons (Fsp3) is 0.0179. The van der Waals surface area contributed by atoms with Gasteiger partial charge in [-0.2, -0.15) is 0 Å². The molecule has 13 rings (SSSR count). The molecule has 4 nitrogen and oxygen atoms in total. The average molecular weight is 764 g/mol. The normalized spacial score (nSPS) is 13.3. The van der Waals surface area contributed by atoms with E-state index in [1.54, 1.807) is 0 Å². The molecule has 0 unspecified atom stereocenters. The molecule has 0 saturated carbocycles. The molecular weight excluding hydrogens is 731 g/mol. The second-order valence-electron chi connectivity index (χ2n) is 15.8. The highest BCUT2D eigenvalue weighted by atomic mass is 16.5. The number of rotatable bonds is 3. The molecule has 2 aliphatic rings. The Kier molecular flexibility index (Phi) is 6.90. The third-order valence-electron chi connectivity index (χ3n) is 12.7. The fourth-order valence-electron chi connectivity index (χ4n) is 10.1. The summed E-state index contributed by atoms with van der Waals surface area (Å²) in [5, 5.41) is 5.57. The molecule has 0 bridgehead atoms. The van der Waals surface area contributed by atoms with Crippen LogP contribution >= 0.6 is 0 Å². The first-order valence-electron chi connectivity index (χ1n) is 20.4. The van der Waals surface area contributed by atoms with Crippen LogP contribution in [0.1, 0.15) is 22.3 Å². The van der Waals surface area contributed by atoms with E-state index in [2.05, 4.69) is 194 Å². The third kappa shape index (κ3) is 4.59. The predicted octanol–water partition coefficient (Wildman–Crippen LogP) is 14.0. The van der Waals surface area contributed by atoms with Crippen LogP contribution in [-0.2, 0) is 5.41 Å². The van der Waals surface area contributed by atoms with Crippen molar-refractivity contribution in [1.29, 1.82) is 0 Å². The Bertz CT molecular complexity index is 3550. The number of aromatic nitrogens is 3. The second-order valence-corrected chi connectivity index (χ2v) is 15.8. The largest absolute Gasteiger partial charge is 0.457 e. The first-order chi connectivity index (χ1) is 29.7. The molecule has 0 radical (unpaired) electrons. The zero-order valence-corrected chi connectivity index (χ0v) is 32.3. The highest BCUT2D eigenvalue weighted by molar-refractivity contribution is 6.18. The van der Waals surface area contributed by atoms with Gasteiger partial charge in [0, 0.05) is 49.4 Å². The van der Waals surface area contributed by atoms with Gasteiger partial charge in [0.25, 0.3) is 0 Å². The van der Waals surface area contributed by atoms with Gasteiger partial charge in [-0.1, -0.05) is 164 Å². The van der Waals surface area contributed by atoms with E-state index in [0.29, 0.717) is 0 Å². The van der Waals surface area contributed by atoms with Crippen molar-refractivity contribution < 1.29 is 4.74 Å². The lowest BCUT2D eigenvalue weighted by molar-refractivity contribution is 0.436. The number of ether oxygens (including phenoxy) is 1. The molecule has 3 aromatic heterocycles. The van der Waals surface area contributed by atoms with Crippen molar-refractivity contribution in [3.8, 4) is 56.4 Å². The molecular formula is C56H33N3O. The van der Waals surface area contributed by atoms with Crippen LogP contribution in [-0.4, -0.2) is 15.0 Å². The van der Waals surface area contributed by atoms with E-state index in [9.17, 15) is 0 Å². The highest BCUT2D eigenvalue weighted by Crippen LogP contribution is 2.63. The monoisotopic (exact) mass is 763 g/mol. The topological polar surface area (TPSA) is 47.9 Å². The van der Waals surface area contributed by atoms with Crippen LogP contribution in [0, 0.1) is 0 Å². The summed E-state index contributed by atoms with van der Waals surface area (Å²) in [6, 6.07) is 71.1. The number of fused-ring (bicyclic) bond motifs is 16. The fourth-order valence-corrected chi connectivity index (χ4v) is 10.1. The minimum Gasteiger partial charge on any atom is -0.457 e. The Morgan fingerprint density at radius 1 is 0.383 bits per heavy atom. The van der Waals surface area contributed by atoms with Gasteiger partial charge in [0.1, 0.15) is 11.5 Å². The smallest absolute Gasteiger partial charge is 0.132 e. The van der Waals surface area contributed by atoms with Crippen LogP contribution < -0.4 is 4.74 Å². The number of hydrogen-bond acceptors (Lipinski definition) is 4. The molecule has 0 N–H and O–H groups in total. The number of hydrogen-bond donors (Lipinski definition) is 0. The van der Waals surface area contributed by atoms with E-state index >= 15 is 0 Å². The molecule has 0 atom stereocenters. The first kappa shape index (κ1) is 33.1. The van der Waals surface area contributed by atoms with Crippen LogP contribution in [0.15, 0.2) is 200 Å². The Labute approximate surface area is 346 Å². The average Bonchev–Trinajstić information content (AvgIpc) is 3.62. The van der Waals surface area contributed by atoms with Crippen molar-refractivity contribution in [2.24, 2.45) is 0 Å². The van der Waals surface area contributed by atoms with Gasteiger partial charge < -0.3 is 4.74 Å². The van der Waals surface area contributed by atoms with E-state index in [1.807, 2.05) is 6.07 Å². The lowest BCUT2D eigenvalue weighted by atomic mass is 9.66. The standard InChI is InChI=1S/C56H33N3O/c1-2-13-34(14-3-1)46-31-27-35-25-26-36-28-32-47(58-55(36)54(35)57-46)37-15-12-16-38(33-37)53-52-40(39-17-5-9-22-48(39)59-53)29-30-45-51(52)41-18-4-6-19-42(41)56(45)43-20-7-10-23-49(43)60-50-24-11-8-21-44(50)56/h1-33H. The SMILES string of the molecule is c1ccc(-c2ccc3ccc4ccc(-c5cccc(-c6nc7ccccc7c7ccc8c(c67)-c6ccccc6C86c7ccccc7Oc7ccccc76)c5)nc4c3n2)cc1. The maximum Gasteiger partial charge on any atom is 0.132 e. The molecule has 1 aliphatic carbocycles. The number of para-hydroxylation sites is 3. The van der Waals surface area contributed by atoms with Crippen LogP contribution in [0.25, 0.3) is 88.4 Å². The van der Waals surface area contributed by atoms with Gasteiger partial charge in [-0.25, -0.2) is 15.0 Å². The maximum atomic E-state index is 6.64. The molecule has 11 aromatic rings. The van der Waals surface area contributed by atoms with Crippen LogP contribution in [0.5, 0.6) is 11.5 Å². The number of pyridine rings is 3. The van der Waals surface area contributed by atoms with Gasteiger partial charge >= 0.3 is 0 Å². The molecule has 8 aromatic carbocycles. The summed E-state index contributed by atoms with van der Waals surface area (Å²) < 4.78 is 6.64. The lowest BCUT2D eigenvalue weighted by Crippen LogP contribution is -2.32. The molecule has 0 saturated heterocycles. The Balaban J connectivity index is 1.07. The summed E-state index contributed by atoms with van der Waals surface area (Å²) in [6.07, 6.45) is 0. The van der Waals surface area contributed by atoms with E-state index in [4.69, 9.17) is 19.7 Å². The van der Waals surface area contributed by atoms with E-state index in [0.717, 1.165) is 94.5 Å². The first-order valence-corrected chi connectivity index (χ1v) is 20.4. The van der Waals surface area contributed by atoms with Gasteiger partial charge in [0.15, 0.2) is 0 Å². The predicted molar refractivity (Wildman–Crippen MR) is 244 cm³/mol. The molecule has 0 amide bonds. The van der Waals surface area contributed by atoms with Crippen molar-refractivity contribution in [2.75, 3.05) is 0 Å². The summed E-state index contributed by atoms with van der Waals surface area (Å²) in [6.45, 7) is 0. The van der Waals surface area contributed by atoms with Gasteiger partial charge in [-0.3, -0.25) is 0 Å².